The van der Waals surface area contributed by atoms with Crippen molar-refractivity contribution in [2.24, 2.45) is 5.14 Å². The number of primary sulfonamides is 1. The summed E-state index contributed by atoms with van der Waals surface area (Å²) in [6.07, 6.45) is 1.65. The molecule has 0 atom stereocenters. The molecule has 1 amide bonds. The monoisotopic (exact) mass is 463 g/mol. The number of aryl methyl sites for hydroxylation is 2. The van der Waals surface area contributed by atoms with Gasteiger partial charge < -0.3 is 5.32 Å². The number of nitrogens with two attached hydrogens (primary N) is 1. The van der Waals surface area contributed by atoms with E-state index in [0.717, 1.165) is 17.0 Å². The molecule has 0 saturated carbocycles. The summed E-state index contributed by atoms with van der Waals surface area (Å²) in [5, 5.41) is 12.2. The van der Waals surface area contributed by atoms with Gasteiger partial charge >= 0.3 is 0 Å². The first-order chi connectivity index (χ1) is 13.1. The molecule has 0 radical (unpaired) electrons. The van der Waals surface area contributed by atoms with Gasteiger partial charge in [0, 0.05) is 22.9 Å². The number of benzene rings is 1. The van der Waals surface area contributed by atoms with Gasteiger partial charge in [0.05, 0.1) is 16.2 Å². The van der Waals surface area contributed by atoms with Crippen molar-refractivity contribution in [3.05, 3.63) is 69.6 Å². The second-order valence-electron chi connectivity index (χ2n) is 6.23. The van der Waals surface area contributed by atoms with Gasteiger partial charge in [-0.1, -0.05) is 6.07 Å². The number of sulfonamides is 1. The van der Waals surface area contributed by atoms with E-state index in [-0.39, 0.29) is 17.0 Å². The summed E-state index contributed by atoms with van der Waals surface area (Å²) >= 11 is 3.25. The minimum absolute atomic E-state index is 0.128. The van der Waals surface area contributed by atoms with E-state index in [1.807, 2.05) is 32.0 Å². The summed E-state index contributed by atoms with van der Waals surface area (Å²) in [6.45, 7) is 4.09. The molecule has 0 aliphatic rings. The van der Waals surface area contributed by atoms with Crippen molar-refractivity contribution >= 4 is 31.9 Å². The fraction of sp³-hybridized carbons (Fsp3) is 0.167. The van der Waals surface area contributed by atoms with Gasteiger partial charge in [-0.25, -0.2) is 23.2 Å². The Kier molecular flexibility index (Phi) is 5.64. The molecule has 0 fully saturated rings. The first-order valence-electron chi connectivity index (χ1n) is 8.24. The summed E-state index contributed by atoms with van der Waals surface area (Å²) in [5.74, 6) is 0.254. The van der Waals surface area contributed by atoms with Crippen molar-refractivity contribution in [1.82, 2.24) is 20.1 Å². The zero-order valence-electron chi connectivity index (χ0n) is 15.2. The van der Waals surface area contributed by atoms with Gasteiger partial charge in [0.15, 0.2) is 5.82 Å². The van der Waals surface area contributed by atoms with Crippen LogP contribution in [0, 0.1) is 13.8 Å². The van der Waals surface area contributed by atoms with E-state index < -0.39 is 15.9 Å². The summed E-state index contributed by atoms with van der Waals surface area (Å²) < 4.78 is 25.2. The summed E-state index contributed by atoms with van der Waals surface area (Å²) in [4.78, 5) is 16.7. The average Bonchev–Trinajstić information content (AvgIpc) is 2.97. The summed E-state index contributed by atoms with van der Waals surface area (Å²) in [5.41, 5.74) is 2.85. The molecule has 10 heteroatoms. The van der Waals surface area contributed by atoms with E-state index in [9.17, 15) is 13.2 Å². The lowest BCUT2D eigenvalue weighted by Gasteiger charge is -2.09. The lowest BCUT2D eigenvalue weighted by molar-refractivity contribution is 0.0950. The fourth-order valence-corrected chi connectivity index (χ4v) is 3.61. The second kappa shape index (κ2) is 7.82. The number of carbonyl (C=O) groups is 1. The van der Waals surface area contributed by atoms with Gasteiger partial charge in [0.1, 0.15) is 0 Å². The van der Waals surface area contributed by atoms with E-state index in [1.54, 1.807) is 10.9 Å². The standard InChI is InChI=1S/C18H18BrN5O3S/c1-11-7-12(2)24(23-11)17-6-3-13(9-21-17)10-22-18(25)15-8-14(28(20,26)27)4-5-16(15)19/h3-9H,10H2,1-2H3,(H,22,25)(H2,20,26,27). The third-order valence-electron chi connectivity index (χ3n) is 4.00. The van der Waals surface area contributed by atoms with Crippen LogP contribution in [0.2, 0.25) is 0 Å². The molecule has 0 spiro atoms. The molecule has 3 rings (SSSR count). The molecule has 0 aliphatic heterocycles. The van der Waals surface area contributed by atoms with Crippen molar-refractivity contribution in [2.45, 2.75) is 25.3 Å². The predicted octanol–water partition coefficient (Wildman–Crippen LogP) is 2.22. The van der Waals surface area contributed by atoms with Crippen LogP contribution < -0.4 is 10.5 Å². The number of nitrogens with zero attached hydrogens (tertiary/aromatic N) is 3. The number of amides is 1. The topological polar surface area (TPSA) is 120 Å². The van der Waals surface area contributed by atoms with E-state index >= 15 is 0 Å². The molecule has 8 nitrogen and oxygen atoms in total. The largest absolute Gasteiger partial charge is 0.348 e. The third-order valence-corrected chi connectivity index (χ3v) is 5.60. The summed E-state index contributed by atoms with van der Waals surface area (Å²) in [6, 6.07) is 9.66. The Morgan fingerprint density at radius 1 is 1.21 bits per heavy atom. The van der Waals surface area contributed by atoms with Crippen LogP contribution in [-0.2, 0) is 16.6 Å². The first-order valence-corrected chi connectivity index (χ1v) is 10.6. The number of aromatic nitrogens is 3. The van der Waals surface area contributed by atoms with Gasteiger partial charge in [-0.15, -0.1) is 0 Å². The Labute approximate surface area is 171 Å². The van der Waals surface area contributed by atoms with Crippen molar-refractivity contribution in [3.8, 4) is 5.82 Å². The van der Waals surface area contributed by atoms with Crippen LogP contribution in [0.5, 0.6) is 0 Å². The lowest BCUT2D eigenvalue weighted by atomic mass is 10.2. The van der Waals surface area contributed by atoms with E-state index in [4.69, 9.17) is 5.14 Å². The molecule has 0 unspecified atom stereocenters. The van der Waals surface area contributed by atoms with Crippen molar-refractivity contribution in [2.75, 3.05) is 0 Å². The van der Waals surface area contributed by atoms with Gasteiger partial charge in [-0.05, 0) is 65.7 Å². The van der Waals surface area contributed by atoms with E-state index in [1.165, 1.54) is 18.2 Å². The number of hydrogen-bond donors (Lipinski definition) is 2. The minimum atomic E-state index is -3.89. The first kappa shape index (κ1) is 20.2. The summed E-state index contributed by atoms with van der Waals surface area (Å²) in [7, 11) is -3.89. The van der Waals surface area contributed by atoms with Gasteiger partial charge in [-0.2, -0.15) is 5.10 Å². The Balaban J connectivity index is 1.72. The Bertz CT molecular complexity index is 1140. The maximum atomic E-state index is 12.4. The van der Waals surface area contributed by atoms with E-state index in [0.29, 0.717) is 10.3 Å². The third kappa shape index (κ3) is 4.46. The van der Waals surface area contributed by atoms with Crippen molar-refractivity contribution in [3.63, 3.8) is 0 Å². The smallest absolute Gasteiger partial charge is 0.252 e. The van der Waals surface area contributed by atoms with Gasteiger partial charge in [0.25, 0.3) is 5.91 Å². The van der Waals surface area contributed by atoms with Gasteiger partial charge in [-0.3, -0.25) is 4.79 Å². The maximum Gasteiger partial charge on any atom is 0.252 e. The number of nitrogens with one attached hydrogen (secondary N) is 1. The van der Waals surface area contributed by atoms with Crippen LogP contribution in [-0.4, -0.2) is 29.1 Å². The SMILES string of the molecule is Cc1cc(C)n(-c2ccc(CNC(=O)c3cc(S(N)(=O)=O)ccc3Br)cn2)n1. The molecule has 2 heterocycles. The second-order valence-corrected chi connectivity index (χ2v) is 8.65. The lowest BCUT2D eigenvalue weighted by Crippen LogP contribution is -2.24. The highest BCUT2D eigenvalue weighted by Gasteiger charge is 2.15. The molecule has 3 N–H and O–H groups in total. The highest BCUT2D eigenvalue weighted by Crippen LogP contribution is 2.20. The quantitative estimate of drug-likeness (QED) is 0.600. The highest BCUT2D eigenvalue weighted by atomic mass is 79.9. The van der Waals surface area contributed by atoms with Crippen molar-refractivity contribution in [1.29, 1.82) is 0 Å². The molecule has 3 aromatic rings. The average molecular weight is 464 g/mol. The van der Waals surface area contributed by atoms with E-state index in [2.05, 4.69) is 31.3 Å². The minimum Gasteiger partial charge on any atom is -0.348 e. The van der Waals surface area contributed by atoms with Gasteiger partial charge in [0.2, 0.25) is 10.0 Å². The van der Waals surface area contributed by atoms with Crippen LogP contribution in [0.3, 0.4) is 0 Å². The zero-order valence-corrected chi connectivity index (χ0v) is 17.6. The normalized spacial score (nSPS) is 11.4. The Morgan fingerprint density at radius 3 is 2.54 bits per heavy atom. The molecule has 0 bridgehead atoms. The van der Waals surface area contributed by atoms with Crippen LogP contribution in [0.25, 0.3) is 5.82 Å². The Morgan fingerprint density at radius 2 is 1.96 bits per heavy atom. The van der Waals surface area contributed by atoms with Crippen LogP contribution in [0.4, 0.5) is 0 Å². The molecule has 2 aromatic heterocycles. The van der Waals surface area contributed by atoms with Crippen molar-refractivity contribution < 1.29 is 13.2 Å². The molecular weight excluding hydrogens is 446 g/mol. The number of hydrogen-bond acceptors (Lipinski definition) is 5. The fourth-order valence-electron chi connectivity index (χ4n) is 2.64. The van der Waals surface area contributed by atoms with Crippen LogP contribution in [0.1, 0.15) is 27.3 Å². The van der Waals surface area contributed by atoms with Crippen LogP contribution >= 0.6 is 15.9 Å². The predicted molar refractivity (Wildman–Crippen MR) is 108 cm³/mol. The molecule has 1 aromatic carbocycles. The molecule has 0 saturated heterocycles. The highest BCUT2D eigenvalue weighted by molar-refractivity contribution is 9.10. The molecule has 0 aliphatic carbocycles. The maximum absolute atomic E-state index is 12.4. The molecule has 28 heavy (non-hydrogen) atoms. The number of pyridine rings is 1. The zero-order chi connectivity index (χ0) is 20.5. The molecular formula is C18H18BrN5O3S. The number of rotatable bonds is 5. The molecule has 146 valence electrons. The number of halogens is 1. The van der Waals surface area contributed by atoms with Crippen LogP contribution in [0.15, 0.2) is 52.0 Å². The Hall–Kier alpha value is -2.56. The number of carbonyl (C=O) groups excluding carboxylic acids is 1.